The smallest absolute Gasteiger partial charge is 0.283 e. The van der Waals surface area contributed by atoms with Crippen molar-refractivity contribution in [2.45, 2.75) is 49.7 Å². The summed E-state index contributed by atoms with van der Waals surface area (Å²) >= 11 is 0. The molecule has 0 radical (unpaired) electrons. The van der Waals surface area contributed by atoms with E-state index in [1.54, 1.807) is 0 Å². The summed E-state index contributed by atoms with van der Waals surface area (Å²) < 4.78 is 32.1. The zero-order valence-electron chi connectivity index (χ0n) is 14.3. The lowest BCUT2D eigenvalue weighted by atomic mass is 10.1. The second kappa shape index (κ2) is 8.27. The van der Waals surface area contributed by atoms with E-state index in [9.17, 15) is 13.2 Å². The van der Waals surface area contributed by atoms with Crippen molar-refractivity contribution < 1.29 is 17.9 Å². The van der Waals surface area contributed by atoms with Gasteiger partial charge in [-0.05, 0) is 49.8 Å². The fraction of sp³-hybridized carbons (Fsp3) is 0.389. The normalized spacial score (nSPS) is 14.9. The molecule has 1 fully saturated rings. The zero-order chi connectivity index (χ0) is 18.4. The van der Waals surface area contributed by atoms with Gasteiger partial charge in [0.15, 0.2) is 5.03 Å². The number of nitrogens with one attached hydrogen (secondary N) is 1. The molecular weight excluding hydrogens is 354 g/mol. The van der Waals surface area contributed by atoms with Gasteiger partial charge < -0.3 is 4.74 Å². The number of hydrogen-bond donors (Lipinski definition) is 1. The Labute approximate surface area is 152 Å². The van der Waals surface area contributed by atoms with E-state index in [4.69, 9.17) is 4.74 Å². The second-order valence-electron chi connectivity index (χ2n) is 6.24. The minimum Gasteiger partial charge on any atom is -0.490 e. The molecule has 2 aromatic rings. The Morgan fingerprint density at radius 1 is 1.23 bits per heavy atom. The molecule has 0 spiro atoms. The maximum atomic E-state index is 12.0. The molecule has 8 heteroatoms. The summed E-state index contributed by atoms with van der Waals surface area (Å²) in [5, 5.41) is -0.277. The van der Waals surface area contributed by atoms with Crippen LogP contribution in [0.3, 0.4) is 0 Å². The summed E-state index contributed by atoms with van der Waals surface area (Å²) in [4.78, 5) is 19.4. The number of aromatic nitrogens is 2. The maximum absolute atomic E-state index is 12.0. The Balaban J connectivity index is 1.54. The Hall–Kier alpha value is -2.48. The third-order valence-corrected chi connectivity index (χ3v) is 5.47. The summed E-state index contributed by atoms with van der Waals surface area (Å²) in [5.74, 6) is 0.208. The van der Waals surface area contributed by atoms with Crippen molar-refractivity contribution in [2.75, 3.05) is 0 Å². The fourth-order valence-corrected chi connectivity index (χ4v) is 3.81. The van der Waals surface area contributed by atoms with Crippen molar-refractivity contribution >= 4 is 15.9 Å². The van der Waals surface area contributed by atoms with Crippen LogP contribution >= 0.6 is 0 Å². The SMILES string of the molecule is O=C(CCc1cccc(OC2CCCC2)c1)NS(=O)(=O)c1cnccn1. The molecule has 0 bridgehead atoms. The van der Waals surface area contributed by atoms with Crippen LogP contribution < -0.4 is 9.46 Å². The Kier molecular flexibility index (Phi) is 5.82. The number of rotatable bonds is 7. The summed E-state index contributed by atoms with van der Waals surface area (Å²) in [6.45, 7) is 0. The first-order chi connectivity index (χ1) is 12.5. The summed E-state index contributed by atoms with van der Waals surface area (Å²) in [5.41, 5.74) is 0.924. The van der Waals surface area contributed by atoms with Gasteiger partial charge in [0, 0.05) is 18.8 Å². The summed E-state index contributed by atoms with van der Waals surface area (Å²) in [7, 11) is -3.99. The predicted molar refractivity (Wildman–Crippen MR) is 95.0 cm³/mol. The molecule has 7 nitrogen and oxygen atoms in total. The van der Waals surface area contributed by atoms with Crippen molar-refractivity contribution in [3.05, 3.63) is 48.4 Å². The molecule has 1 aromatic heterocycles. The van der Waals surface area contributed by atoms with Crippen LogP contribution in [-0.2, 0) is 21.2 Å². The molecule has 0 atom stereocenters. The Morgan fingerprint density at radius 3 is 2.77 bits per heavy atom. The van der Waals surface area contributed by atoms with Gasteiger partial charge in [0.05, 0.1) is 12.3 Å². The van der Waals surface area contributed by atoms with Gasteiger partial charge in [0.25, 0.3) is 10.0 Å². The first kappa shape index (κ1) is 18.3. The van der Waals surface area contributed by atoms with E-state index in [0.717, 1.165) is 30.4 Å². The maximum Gasteiger partial charge on any atom is 0.283 e. The summed E-state index contributed by atoms with van der Waals surface area (Å²) in [6, 6.07) is 7.59. The molecule has 0 aliphatic heterocycles. The van der Waals surface area contributed by atoms with Crippen LogP contribution in [0.5, 0.6) is 5.75 Å². The lowest BCUT2D eigenvalue weighted by Gasteiger charge is -2.13. The van der Waals surface area contributed by atoms with Gasteiger partial charge in [-0.25, -0.2) is 9.71 Å². The monoisotopic (exact) mass is 375 g/mol. The number of hydrogen-bond acceptors (Lipinski definition) is 6. The molecule has 3 rings (SSSR count). The number of amides is 1. The van der Waals surface area contributed by atoms with E-state index >= 15 is 0 Å². The minimum atomic E-state index is -3.99. The lowest BCUT2D eigenvalue weighted by Crippen LogP contribution is -2.31. The molecule has 1 aliphatic carbocycles. The molecule has 1 aromatic carbocycles. The molecule has 0 unspecified atom stereocenters. The molecule has 1 N–H and O–H groups in total. The van der Waals surface area contributed by atoms with Gasteiger partial charge >= 0.3 is 0 Å². The van der Waals surface area contributed by atoms with Crippen molar-refractivity contribution in [1.29, 1.82) is 0 Å². The quantitative estimate of drug-likeness (QED) is 0.797. The number of benzene rings is 1. The molecule has 1 heterocycles. The van der Waals surface area contributed by atoms with Gasteiger partial charge in [-0.2, -0.15) is 8.42 Å². The highest BCUT2D eigenvalue weighted by Crippen LogP contribution is 2.24. The number of nitrogens with zero attached hydrogens (tertiary/aromatic N) is 2. The molecule has 1 saturated carbocycles. The third-order valence-electron chi connectivity index (χ3n) is 4.21. The van der Waals surface area contributed by atoms with Crippen LogP contribution in [0.1, 0.15) is 37.7 Å². The van der Waals surface area contributed by atoms with E-state index in [1.165, 1.54) is 25.2 Å². The van der Waals surface area contributed by atoms with Crippen LogP contribution in [-0.4, -0.2) is 30.4 Å². The molecule has 138 valence electrons. The Morgan fingerprint density at radius 2 is 2.04 bits per heavy atom. The average molecular weight is 375 g/mol. The van der Waals surface area contributed by atoms with Gasteiger partial charge in [0.1, 0.15) is 5.75 Å². The number of carbonyl (C=O) groups is 1. The van der Waals surface area contributed by atoms with Gasteiger partial charge in [-0.15, -0.1) is 0 Å². The van der Waals surface area contributed by atoms with E-state index in [-0.39, 0.29) is 17.6 Å². The topological polar surface area (TPSA) is 98.2 Å². The number of carbonyl (C=O) groups excluding carboxylic acids is 1. The fourth-order valence-electron chi connectivity index (χ4n) is 2.91. The Bertz CT molecular complexity index is 850. The third kappa shape index (κ3) is 5.01. The summed E-state index contributed by atoms with van der Waals surface area (Å²) in [6.07, 6.45) is 9.01. The molecule has 26 heavy (non-hydrogen) atoms. The first-order valence-corrected chi connectivity index (χ1v) is 10.1. The molecule has 1 aliphatic rings. The number of sulfonamides is 1. The van der Waals surface area contributed by atoms with Crippen LogP contribution in [0, 0.1) is 0 Å². The second-order valence-corrected chi connectivity index (χ2v) is 7.87. The van der Waals surface area contributed by atoms with Gasteiger partial charge in [-0.3, -0.25) is 9.78 Å². The highest BCUT2D eigenvalue weighted by molar-refractivity contribution is 7.90. The van der Waals surface area contributed by atoms with Crippen molar-refractivity contribution in [3.63, 3.8) is 0 Å². The van der Waals surface area contributed by atoms with Crippen LogP contribution in [0.4, 0.5) is 0 Å². The number of aryl methyl sites for hydroxylation is 1. The molecule has 0 saturated heterocycles. The average Bonchev–Trinajstić information content (AvgIpc) is 3.14. The van der Waals surface area contributed by atoms with Crippen LogP contribution in [0.15, 0.2) is 47.9 Å². The lowest BCUT2D eigenvalue weighted by molar-refractivity contribution is -0.119. The zero-order valence-corrected chi connectivity index (χ0v) is 15.1. The highest BCUT2D eigenvalue weighted by atomic mass is 32.2. The van der Waals surface area contributed by atoms with Crippen molar-refractivity contribution in [2.24, 2.45) is 0 Å². The molecule has 1 amide bonds. The van der Waals surface area contributed by atoms with Crippen LogP contribution in [0.2, 0.25) is 0 Å². The number of ether oxygens (including phenoxy) is 1. The largest absolute Gasteiger partial charge is 0.490 e. The van der Waals surface area contributed by atoms with Gasteiger partial charge in [-0.1, -0.05) is 12.1 Å². The van der Waals surface area contributed by atoms with E-state index in [0.29, 0.717) is 6.42 Å². The van der Waals surface area contributed by atoms with Crippen molar-refractivity contribution in [1.82, 2.24) is 14.7 Å². The first-order valence-electron chi connectivity index (χ1n) is 8.60. The van der Waals surface area contributed by atoms with Crippen LogP contribution in [0.25, 0.3) is 0 Å². The minimum absolute atomic E-state index is 0.0480. The predicted octanol–water partition coefficient (Wildman–Crippen LogP) is 2.24. The van der Waals surface area contributed by atoms with Gasteiger partial charge in [0.2, 0.25) is 5.91 Å². The molecular formula is C18H21N3O4S. The van der Waals surface area contributed by atoms with E-state index < -0.39 is 15.9 Å². The standard InChI is InChI=1S/C18H21N3O4S/c22-17(21-26(23,24)18-13-19-10-11-20-18)9-8-14-4-3-7-16(12-14)25-15-5-1-2-6-15/h3-4,7,10-13,15H,1-2,5-6,8-9H2,(H,21,22). The van der Waals surface area contributed by atoms with Crippen molar-refractivity contribution in [3.8, 4) is 5.75 Å². The van der Waals surface area contributed by atoms with E-state index in [2.05, 4.69) is 9.97 Å². The highest BCUT2D eigenvalue weighted by Gasteiger charge is 2.19. The van der Waals surface area contributed by atoms with E-state index in [1.807, 2.05) is 29.0 Å².